The lowest BCUT2D eigenvalue weighted by molar-refractivity contribution is -0.384. The number of hydrogen-bond acceptors (Lipinski definition) is 3. The van der Waals surface area contributed by atoms with Crippen molar-refractivity contribution in [3.05, 3.63) is 73.8 Å². The molecule has 0 aromatic heterocycles. The molecule has 0 aliphatic rings. The van der Waals surface area contributed by atoms with Crippen molar-refractivity contribution in [3.63, 3.8) is 0 Å². The van der Waals surface area contributed by atoms with Crippen LogP contribution in [0.15, 0.2) is 42.5 Å². The zero-order valence-corrected chi connectivity index (χ0v) is 11.0. The molecule has 0 saturated heterocycles. The van der Waals surface area contributed by atoms with Gasteiger partial charge in [0, 0.05) is 17.2 Å². The summed E-state index contributed by atoms with van der Waals surface area (Å²) in [5.41, 5.74) is 0.121. The number of nitro benzene ring substituents is 1. The van der Waals surface area contributed by atoms with Crippen LogP contribution < -0.4 is 0 Å². The fourth-order valence-electron chi connectivity index (χ4n) is 1.60. The fraction of sp³-hybridized carbons (Fsp3) is 0. The minimum absolute atomic E-state index is 0.0592. The Morgan fingerprint density at radius 3 is 2.26 bits per heavy atom. The number of nitro groups is 1. The predicted molar refractivity (Wildman–Crippen MR) is 73.0 cm³/mol. The van der Waals surface area contributed by atoms with E-state index in [0.29, 0.717) is 5.56 Å². The summed E-state index contributed by atoms with van der Waals surface area (Å²) < 4.78 is 0. The monoisotopic (exact) mass is 295 g/mol. The average molecular weight is 296 g/mol. The first-order valence-electron chi connectivity index (χ1n) is 5.24. The summed E-state index contributed by atoms with van der Waals surface area (Å²) in [7, 11) is 0. The molecular weight excluding hydrogens is 289 g/mol. The highest BCUT2D eigenvalue weighted by Gasteiger charge is 2.20. The van der Waals surface area contributed by atoms with Crippen LogP contribution in [-0.4, -0.2) is 10.7 Å². The molecule has 0 radical (unpaired) electrons. The number of nitrogens with zero attached hydrogens (tertiary/aromatic N) is 1. The molecule has 6 heteroatoms. The second kappa shape index (κ2) is 5.38. The maximum atomic E-state index is 12.2. The van der Waals surface area contributed by atoms with E-state index < -0.39 is 4.92 Å². The van der Waals surface area contributed by atoms with Gasteiger partial charge in [-0.2, -0.15) is 0 Å². The summed E-state index contributed by atoms with van der Waals surface area (Å²) in [5.74, 6) is -0.384. The number of rotatable bonds is 3. The standard InChI is InChI=1S/C13H7Cl2NO3/c14-10-7-11(15)12(16(18)19)6-9(10)13(17)8-4-2-1-3-5-8/h1-7H. The Balaban J connectivity index is 2.54. The summed E-state index contributed by atoms with van der Waals surface area (Å²) in [5, 5.41) is 10.8. The molecule has 0 heterocycles. The Bertz CT molecular complexity index is 656. The van der Waals surface area contributed by atoms with Gasteiger partial charge in [0.2, 0.25) is 0 Å². The number of halogens is 2. The summed E-state index contributed by atoms with van der Waals surface area (Å²) >= 11 is 11.6. The van der Waals surface area contributed by atoms with Crippen molar-refractivity contribution in [1.82, 2.24) is 0 Å². The molecule has 0 aliphatic heterocycles. The maximum absolute atomic E-state index is 12.2. The molecule has 2 rings (SSSR count). The quantitative estimate of drug-likeness (QED) is 0.486. The summed E-state index contributed by atoms with van der Waals surface area (Å²) in [4.78, 5) is 22.4. The molecule has 0 aliphatic carbocycles. The highest BCUT2D eigenvalue weighted by molar-refractivity contribution is 6.38. The Morgan fingerprint density at radius 1 is 1.05 bits per heavy atom. The normalized spacial score (nSPS) is 10.2. The molecule has 0 fully saturated rings. The van der Waals surface area contributed by atoms with E-state index in [1.54, 1.807) is 30.3 Å². The lowest BCUT2D eigenvalue weighted by Gasteiger charge is -2.05. The largest absolute Gasteiger partial charge is 0.289 e. The minimum atomic E-state index is -0.652. The van der Waals surface area contributed by atoms with Gasteiger partial charge in [0.1, 0.15) is 5.02 Å². The lowest BCUT2D eigenvalue weighted by Crippen LogP contribution is -2.03. The van der Waals surface area contributed by atoms with Gasteiger partial charge in [-0.15, -0.1) is 0 Å². The summed E-state index contributed by atoms with van der Waals surface area (Å²) in [6.45, 7) is 0. The van der Waals surface area contributed by atoms with E-state index in [9.17, 15) is 14.9 Å². The van der Waals surface area contributed by atoms with Crippen LogP contribution in [0.1, 0.15) is 15.9 Å². The molecule has 0 bridgehead atoms. The van der Waals surface area contributed by atoms with E-state index in [-0.39, 0.29) is 27.1 Å². The van der Waals surface area contributed by atoms with Crippen molar-refractivity contribution in [3.8, 4) is 0 Å². The molecule has 96 valence electrons. The molecule has 0 unspecified atom stereocenters. The minimum Gasteiger partial charge on any atom is -0.289 e. The number of hydrogen-bond donors (Lipinski definition) is 0. The highest BCUT2D eigenvalue weighted by Crippen LogP contribution is 2.31. The van der Waals surface area contributed by atoms with Crippen molar-refractivity contribution in [2.24, 2.45) is 0 Å². The molecule has 2 aromatic carbocycles. The molecule has 0 N–H and O–H groups in total. The van der Waals surface area contributed by atoms with Crippen LogP contribution in [0.2, 0.25) is 10.0 Å². The Hall–Kier alpha value is -1.91. The van der Waals surface area contributed by atoms with E-state index in [1.807, 2.05) is 0 Å². The van der Waals surface area contributed by atoms with Crippen molar-refractivity contribution >= 4 is 34.7 Å². The molecule has 0 spiro atoms. The van der Waals surface area contributed by atoms with E-state index in [2.05, 4.69) is 0 Å². The van der Waals surface area contributed by atoms with Crippen molar-refractivity contribution in [1.29, 1.82) is 0 Å². The van der Waals surface area contributed by atoms with Gasteiger partial charge in [-0.05, 0) is 6.07 Å². The Labute approximate surface area is 118 Å². The van der Waals surface area contributed by atoms with Crippen LogP contribution in [0.4, 0.5) is 5.69 Å². The van der Waals surface area contributed by atoms with Gasteiger partial charge < -0.3 is 0 Å². The van der Waals surface area contributed by atoms with Gasteiger partial charge in [-0.25, -0.2) is 0 Å². The third-order valence-electron chi connectivity index (χ3n) is 2.51. The highest BCUT2D eigenvalue weighted by atomic mass is 35.5. The number of benzene rings is 2. The Kier molecular flexibility index (Phi) is 3.83. The fourth-order valence-corrected chi connectivity index (χ4v) is 2.13. The number of carbonyl (C=O) groups is 1. The van der Waals surface area contributed by atoms with Crippen LogP contribution in [-0.2, 0) is 0 Å². The topological polar surface area (TPSA) is 60.2 Å². The van der Waals surface area contributed by atoms with Gasteiger partial charge in [0.25, 0.3) is 5.69 Å². The van der Waals surface area contributed by atoms with Crippen LogP contribution in [0.5, 0.6) is 0 Å². The van der Waals surface area contributed by atoms with Crippen LogP contribution in [0.3, 0.4) is 0 Å². The van der Waals surface area contributed by atoms with E-state index >= 15 is 0 Å². The van der Waals surface area contributed by atoms with Crippen molar-refractivity contribution in [2.75, 3.05) is 0 Å². The van der Waals surface area contributed by atoms with Crippen LogP contribution in [0, 0.1) is 10.1 Å². The first-order chi connectivity index (χ1) is 9.00. The third-order valence-corrected chi connectivity index (χ3v) is 3.13. The van der Waals surface area contributed by atoms with Crippen molar-refractivity contribution < 1.29 is 9.72 Å². The number of ketones is 1. The van der Waals surface area contributed by atoms with E-state index in [0.717, 1.165) is 6.07 Å². The Morgan fingerprint density at radius 2 is 1.68 bits per heavy atom. The van der Waals surface area contributed by atoms with Gasteiger partial charge in [-0.1, -0.05) is 53.5 Å². The summed E-state index contributed by atoms with van der Waals surface area (Å²) in [6, 6.07) is 10.7. The third kappa shape index (κ3) is 2.75. The maximum Gasteiger partial charge on any atom is 0.288 e. The van der Waals surface area contributed by atoms with Gasteiger partial charge in [0.15, 0.2) is 5.78 Å². The van der Waals surface area contributed by atoms with E-state index in [1.165, 1.54) is 6.07 Å². The zero-order chi connectivity index (χ0) is 14.0. The molecule has 4 nitrogen and oxygen atoms in total. The lowest BCUT2D eigenvalue weighted by atomic mass is 10.0. The first kappa shape index (κ1) is 13.5. The summed E-state index contributed by atoms with van der Waals surface area (Å²) in [6.07, 6.45) is 0. The molecule has 0 amide bonds. The van der Waals surface area contributed by atoms with Gasteiger partial charge in [-0.3, -0.25) is 14.9 Å². The molecule has 0 saturated carbocycles. The molecule has 19 heavy (non-hydrogen) atoms. The molecule has 0 atom stereocenters. The predicted octanol–water partition coefficient (Wildman–Crippen LogP) is 4.13. The van der Waals surface area contributed by atoms with Gasteiger partial charge in [0.05, 0.1) is 9.95 Å². The zero-order valence-electron chi connectivity index (χ0n) is 9.47. The van der Waals surface area contributed by atoms with Crippen LogP contribution >= 0.6 is 23.2 Å². The SMILES string of the molecule is O=C(c1ccccc1)c1cc([N+](=O)[O-])c(Cl)cc1Cl. The second-order valence-electron chi connectivity index (χ2n) is 3.74. The van der Waals surface area contributed by atoms with Gasteiger partial charge >= 0.3 is 0 Å². The van der Waals surface area contributed by atoms with Crippen molar-refractivity contribution in [2.45, 2.75) is 0 Å². The van der Waals surface area contributed by atoms with E-state index in [4.69, 9.17) is 23.2 Å². The molecular formula is C13H7Cl2NO3. The molecule has 2 aromatic rings. The first-order valence-corrected chi connectivity index (χ1v) is 5.99. The van der Waals surface area contributed by atoms with Crippen LogP contribution in [0.25, 0.3) is 0 Å². The number of carbonyl (C=O) groups excluding carboxylic acids is 1. The smallest absolute Gasteiger partial charge is 0.288 e. The second-order valence-corrected chi connectivity index (χ2v) is 4.55. The average Bonchev–Trinajstić information content (AvgIpc) is 2.38.